The van der Waals surface area contributed by atoms with Crippen LogP contribution in [-0.2, 0) is 4.79 Å². The number of benzene rings is 1. The quantitative estimate of drug-likeness (QED) is 0.800. The summed E-state index contributed by atoms with van der Waals surface area (Å²) in [5, 5.41) is 14.0. The summed E-state index contributed by atoms with van der Waals surface area (Å²) in [6.45, 7) is 1.39. The Morgan fingerprint density at radius 3 is 2.27 bits per heavy atom. The largest absolute Gasteiger partial charge is 0.477 e. The molecule has 2 amide bonds. The number of rotatable bonds is 4. The molecule has 22 heavy (non-hydrogen) atoms. The highest BCUT2D eigenvalue weighted by molar-refractivity contribution is 6.04. The number of hydrogen-bond donors (Lipinski definition) is 3. The molecular weight excluding hydrogens is 286 g/mol. The van der Waals surface area contributed by atoms with Gasteiger partial charge < -0.3 is 15.7 Å². The Morgan fingerprint density at radius 1 is 1.05 bits per heavy atom. The van der Waals surface area contributed by atoms with Crippen molar-refractivity contribution in [3.05, 3.63) is 53.9 Å². The molecule has 1 aromatic carbocycles. The molecule has 7 heteroatoms. The van der Waals surface area contributed by atoms with Crippen molar-refractivity contribution in [1.29, 1.82) is 0 Å². The van der Waals surface area contributed by atoms with Gasteiger partial charge in [0.2, 0.25) is 5.91 Å². The van der Waals surface area contributed by atoms with Crippen molar-refractivity contribution in [2.75, 3.05) is 10.6 Å². The highest BCUT2D eigenvalue weighted by atomic mass is 16.4. The van der Waals surface area contributed by atoms with Crippen molar-refractivity contribution in [1.82, 2.24) is 4.98 Å². The van der Waals surface area contributed by atoms with Gasteiger partial charge in [0.25, 0.3) is 5.91 Å². The van der Waals surface area contributed by atoms with Crippen molar-refractivity contribution in [3.63, 3.8) is 0 Å². The normalized spacial score (nSPS) is 9.86. The van der Waals surface area contributed by atoms with E-state index in [-0.39, 0.29) is 17.2 Å². The van der Waals surface area contributed by atoms with Gasteiger partial charge in [-0.3, -0.25) is 9.59 Å². The minimum absolute atomic E-state index is 0.135. The summed E-state index contributed by atoms with van der Waals surface area (Å²) >= 11 is 0. The number of amides is 2. The molecule has 0 aliphatic carbocycles. The number of carbonyl (C=O) groups excluding carboxylic acids is 2. The Morgan fingerprint density at radius 2 is 1.73 bits per heavy atom. The molecule has 0 radical (unpaired) electrons. The third kappa shape index (κ3) is 3.89. The van der Waals surface area contributed by atoms with Gasteiger partial charge in [-0.1, -0.05) is 6.07 Å². The van der Waals surface area contributed by atoms with Crippen molar-refractivity contribution in [2.45, 2.75) is 6.92 Å². The monoisotopic (exact) mass is 299 g/mol. The van der Waals surface area contributed by atoms with Crippen LogP contribution in [0.15, 0.2) is 42.6 Å². The summed E-state index contributed by atoms with van der Waals surface area (Å²) in [5.74, 6) is -1.80. The van der Waals surface area contributed by atoms with Crippen molar-refractivity contribution in [2.24, 2.45) is 0 Å². The molecule has 7 nitrogen and oxygen atoms in total. The van der Waals surface area contributed by atoms with Gasteiger partial charge in [0.05, 0.1) is 5.56 Å². The van der Waals surface area contributed by atoms with Crippen LogP contribution < -0.4 is 10.6 Å². The number of nitrogens with zero attached hydrogens (tertiary/aromatic N) is 1. The van der Waals surface area contributed by atoms with E-state index in [2.05, 4.69) is 15.6 Å². The van der Waals surface area contributed by atoms with Gasteiger partial charge in [-0.05, 0) is 30.3 Å². The van der Waals surface area contributed by atoms with Crippen LogP contribution in [0.1, 0.15) is 27.8 Å². The maximum Gasteiger partial charge on any atom is 0.354 e. The Hall–Kier alpha value is -3.22. The molecule has 0 atom stereocenters. The Balaban J connectivity index is 2.11. The van der Waals surface area contributed by atoms with Crippen LogP contribution in [0.5, 0.6) is 0 Å². The van der Waals surface area contributed by atoms with Gasteiger partial charge >= 0.3 is 5.97 Å². The van der Waals surface area contributed by atoms with Crippen LogP contribution in [0.4, 0.5) is 11.4 Å². The molecule has 0 saturated carbocycles. The number of aromatic nitrogens is 1. The van der Waals surface area contributed by atoms with E-state index < -0.39 is 11.9 Å². The van der Waals surface area contributed by atoms with E-state index in [1.165, 1.54) is 25.3 Å². The molecule has 0 saturated heterocycles. The van der Waals surface area contributed by atoms with E-state index in [9.17, 15) is 14.4 Å². The zero-order chi connectivity index (χ0) is 16.1. The van der Waals surface area contributed by atoms with Crippen molar-refractivity contribution >= 4 is 29.2 Å². The van der Waals surface area contributed by atoms with Crippen LogP contribution in [0.3, 0.4) is 0 Å². The fourth-order valence-corrected chi connectivity index (χ4v) is 1.74. The molecular formula is C15H13N3O4. The van der Waals surface area contributed by atoms with Gasteiger partial charge in [-0.25, -0.2) is 9.78 Å². The molecule has 2 aromatic rings. The number of nitrogens with one attached hydrogen (secondary N) is 2. The molecule has 0 bridgehead atoms. The molecule has 1 aromatic heterocycles. The lowest BCUT2D eigenvalue weighted by molar-refractivity contribution is -0.114. The first-order chi connectivity index (χ1) is 10.5. The minimum atomic E-state index is -1.16. The fraction of sp³-hybridized carbons (Fsp3) is 0.0667. The smallest absolute Gasteiger partial charge is 0.354 e. The molecule has 112 valence electrons. The predicted molar refractivity (Wildman–Crippen MR) is 79.9 cm³/mol. The number of pyridine rings is 1. The van der Waals surface area contributed by atoms with E-state index >= 15 is 0 Å². The van der Waals surface area contributed by atoms with Gasteiger partial charge in [-0.2, -0.15) is 0 Å². The average Bonchev–Trinajstić information content (AvgIpc) is 2.47. The zero-order valence-corrected chi connectivity index (χ0v) is 11.7. The number of carbonyl (C=O) groups is 3. The highest BCUT2D eigenvalue weighted by Crippen LogP contribution is 2.16. The summed E-state index contributed by atoms with van der Waals surface area (Å²) in [5.41, 5.74) is 1.15. The molecule has 0 fully saturated rings. The second-order valence-electron chi connectivity index (χ2n) is 4.45. The minimum Gasteiger partial charge on any atom is -0.477 e. The lowest BCUT2D eigenvalue weighted by Crippen LogP contribution is -2.13. The Labute approximate surface area is 126 Å². The third-order valence-electron chi connectivity index (χ3n) is 2.69. The Bertz CT molecular complexity index is 726. The maximum atomic E-state index is 12.0. The van der Waals surface area contributed by atoms with E-state index in [0.717, 1.165) is 0 Å². The fourth-order valence-electron chi connectivity index (χ4n) is 1.74. The number of carboxylic acid groups (broad SMARTS) is 1. The molecule has 0 unspecified atom stereocenters. The van der Waals surface area contributed by atoms with Gasteiger partial charge in [0, 0.05) is 24.5 Å². The summed E-state index contributed by atoms with van der Waals surface area (Å²) in [6.07, 6.45) is 1.19. The van der Waals surface area contributed by atoms with Crippen LogP contribution >= 0.6 is 0 Å². The first kappa shape index (κ1) is 15.2. The zero-order valence-electron chi connectivity index (χ0n) is 11.7. The maximum absolute atomic E-state index is 12.0. The van der Waals surface area contributed by atoms with Crippen LogP contribution in [0.2, 0.25) is 0 Å². The number of aromatic carboxylic acids is 1. The molecule has 2 rings (SSSR count). The number of hydrogen-bond acceptors (Lipinski definition) is 4. The predicted octanol–water partition coefficient (Wildman–Crippen LogP) is 1.99. The van der Waals surface area contributed by atoms with Crippen molar-refractivity contribution in [3.8, 4) is 0 Å². The second-order valence-corrected chi connectivity index (χ2v) is 4.45. The highest BCUT2D eigenvalue weighted by Gasteiger charge is 2.09. The first-order valence-electron chi connectivity index (χ1n) is 6.34. The summed E-state index contributed by atoms with van der Waals surface area (Å²) in [4.78, 5) is 37.4. The van der Waals surface area contributed by atoms with E-state index in [4.69, 9.17) is 5.11 Å². The molecule has 0 aliphatic heterocycles. The standard InChI is InChI=1S/C15H13N3O4/c1-9(19)17-11-3-2-4-12(7-11)18-14(20)10-5-6-13(15(21)22)16-8-10/h2-8H,1H3,(H,17,19)(H,18,20)(H,21,22). The first-order valence-corrected chi connectivity index (χ1v) is 6.34. The van der Waals surface area contributed by atoms with E-state index in [1.807, 2.05) is 0 Å². The SMILES string of the molecule is CC(=O)Nc1cccc(NC(=O)c2ccc(C(=O)O)nc2)c1. The molecule has 3 N–H and O–H groups in total. The molecule has 0 aliphatic rings. The number of carboxylic acids is 1. The Kier molecular flexibility index (Phi) is 4.47. The summed E-state index contributed by atoms with van der Waals surface area (Å²) < 4.78 is 0. The van der Waals surface area contributed by atoms with E-state index in [0.29, 0.717) is 11.4 Å². The summed E-state index contributed by atoms with van der Waals surface area (Å²) in [6, 6.07) is 9.29. The summed E-state index contributed by atoms with van der Waals surface area (Å²) in [7, 11) is 0. The van der Waals surface area contributed by atoms with Gasteiger partial charge in [0.1, 0.15) is 5.69 Å². The van der Waals surface area contributed by atoms with Crippen LogP contribution in [-0.4, -0.2) is 27.9 Å². The lowest BCUT2D eigenvalue weighted by Gasteiger charge is -2.08. The van der Waals surface area contributed by atoms with Gasteiger partial charge in [-0.15, -0.1) is 0 Å². The second kappa shape index (κ2) is 6.49. The average molecular weight is 299 g/mol. The van der Waals surface area contributed by atoms with Gasteiger partial charge in [0.15, 0.2) is 0 Å². The third-order valence-corrected chi connectivity index (χ3v) is 2.69. The van der Waals surface area contributed by atoms with Crippen LogP contribution in [0.25, 0.3) is 0 Å². The van der Waals surface area contributed by atoms with Crippen molar-refractivity contribution < 1.29 is 19.5 Å². The number of anilines is 2. The van der Waals surface area contributed by atoms with Crippen LogP contribution in [0, 0.1) is 0 Å². The topological polar surface area (TPSA) is 108 Å². The molecule has 1 heterocycles. The van der Waals surface area contributed by atoms with E-state index in [1.54, 1.807) is 24.3 Å². The molecule has 0 spiro atoms. The lowest BCUT2D eigenvalue weighted by atomic mass is 10.2.